The van der Waals surface area contributed by atoms with E-state index in [0.717, 1.165) is 32.7 Å². The van der Waals surface area contributed by atoms with E-state index in [1.54, 1.807) is 0 Å². The van der Waals surface area contributed by atoms with Gasteiger partial charge in [0.05, 0.1) is 0 Å². The van der Waals surface area contributed by atoms with E-state index in [-0.39, 0.29) is 24.8 Å². The van der Waals surface area contributed by atoms with Crippen molar-refractivity contribution in [1.82, 2.24) is 9.80 Å². The Morgan fingerprint density at radius 2 is 1.77 bits per heavy atom. The number of nitrogens with zero attached hydrogens (tertiary/aromatic N) is 2. The Morgan fingerprint density at radius 1 is 1.18 bits per heavy atom. The summed E-state index contributed by atoms with van der Waals surface area (Å²) in [4.78, 5) is 15.4. The van der Waals surface area contributed by atoms with E-state index in [1.165, 1.54) is 5.56 Å². The highest BCUT2D eigenvalue weighted by atomic mass is 35.5. The van der Waals surface area contributed by atoms with Gasteiger partial charge in [0, 0.05) is 39.3 Å². The molecule has 0 bridgehead atoms. The first-order valence-corrected chi connectivity index (χ1v) is 7.05. The summed E-state index contributed by atoms with van der Waals surface area (Å²) in [6, 6.07) is 10.3. The molecule has 1 fully saturated rings. The summed E-state index contributed by atoms with van der Waals surface area (Å²) in [7, 11) is 0. The highest BCUT2D eigenvalue weighted by molar-refractivity contribution is 5.85. The molecule has 1 aliphatic rings. The van der Waals surface area contributed by atoms with Gasteiger partial charge in [-0.25, -0.2) is 4.79 Å². The van der Waals surface area contributed by atoms with Gasteiger partial charge in [-0.15, -0.1) is 24.8 Å². The van der Waals surface area contributed by atoms with Crippen molar-refractivity contribution in [3.8, 4) is 0 Å². The lowest BCUT2D eigenvalue weighted by Gasteiger charge is -2.37. The van der Waals surface area contributed by atoms with Crippen molar-refractivity contribution in [1.29, 1.82) is 0 Å². The standard InChI is InChI=1S/C15H22N2O3.2ClH/c1-2-20-14(15(18)19)17-10-8-16(9-11-17)12-13-6-4-3-5-7-13;;/h3-7,14H,2,8-12H2,1H3,(H,18,19);2*1H. The van der Waals surface area contributed by atoms with Gasteiger partial charge in [-0.3, -0.25) is 9.80 Å². The van der Waals surface area contributed by atoms with Crippen molar-refractivity contribution in [2.24, 2.45) is 0 Å². The maximum absolute atomic E-state index is 11.2. The van der Waals surface area contributed by atoms with Gasteiger partial charge in [0.25, 0.3) is 0 Å². The number of benzene rings is 1. The van der Waals surface area contributed by atoms with Crippen LogP contribution in [-0.2, 0) is 16.1 Å². The summed E-state index contributed by atoms with van der Waals surface area (Å²) < 4.78 is 5.30. The molecule has 0 aliphatic carbocycles. The molecule has 7 heteroatoms. The molecule has 0 radical (unpaired) electrons. The number of rotatable bonds is 6. The fourth-order valence-electron chi connectivity index (χ4n) is 2.49. The van der Waals surface area contributed by atoms with Crippen LogP contribution in [0.25, 0.3) is 0 Å². The molecule has 1 aromatic rings. The van der Waals surface area contributed by atoms with Crippen LogP contribution in [0.2, 0.25) is 0 Å². The van der Waals surface area contributed by atoms with E-state index < -0.39 is 12.2 Å². The topological polar surface area (TPSA) is 53.0 Å². The van der Waals surface area contributed by atoms with Crippen molar-refractivity contribution >= 4 is 30.8 Å². The first kappa shape index (κ1) is 21.1. The van der Waals surface area contributed by atoms with Crippen LogP contribution in [0.15, 0.2) is 30.3 Å². The molecule has 0 aromatic heterocycles. The zero-order valence-electron chi connectivity index (χ0n) is 12.7. The molecule has 0 amide bonds. The molecule has 1 aliphatic heterocycles. The monoisotopic (exact) mass is 350 g/mol. The molecule has 1 aromatic carbocycles. The summed E-state index contributed by atoms with van der Waals surface area (Å²) in [6.07, 6.45) is -0.807. The van der Waals surface area contributed by atoms with Gasteiger partial charge in [-0.1, -0.05) is 30.3 Å². The second-order valence-electron chi connectivity index (χ2n) is 4.94. The van der Waals surface area contributed by atoms with Crippen LogP contribution in [0.5, 0.6) is 0 Å². The van der Waals surface area contributed by atoms with Crippen molar-refractivity contribution in [2.75, 3.05) is 32.8 Å². The van der Waals surface area contributed by atoms with Crippen molar-refractivity contribution in [3.63, 3.8) is 0 Å². The minimum Gasteiger partial charge on any atom is -0.478 e. The Balaban J connectivity index is 0.00000220. The van der Waals surface area contributed by atoms with Gasteiger partial charge in [-0.2, -0.15) is 0 Å². The highest BCUT2D eigenvalue weighted by Gasteiger charge is 2.29. The molecule has 1 saturated heterocycles. The fourth-order valence-corrected chi connectivity index (χ4v) is 2.49. The Kier molecular flexibility index (Phi) is 10.4. The van der Waals surface area contributed by atoms with Gasteiger partial charge in [-0.05, 0) is 12.5 Å². The van der Waals surface area contributed by atoms with Gasteiger partial charge in [0.2, 0.25) is 6.23 Å². The number of carbonyl (C=O) groups is 1. The SMILES string of the molecule is CCOC(C(=O)O)N1CCN(Cc2ccccc2)CC1.Cl.Cl. The van der Waals surface area contributed by atoms with Crippen molar-refractivity contribution in [2.45, 2.75) is 19.7 Å². The maximum atomic E-state index is 11.2. The molecule has 0 saturated carbocycles. The average molecular weight is 351 g/mol. The summed E-state index contributed by atoms with van der Waals surface area (Å²) in [5, 5.41) is 9.18. The summed E-state index contributed by atoms with van der Waals surface area (Å²) in [6.45, 7) is 6.34. The van der Waals surface area contributed by atoms with Crippen LogP contribution in [0.3, 0.4) is 0 Å². The summed E-state index contributed by atoms with van der Waals surface area (Å²) in [5.74, 6) is -0.900. The molecule has 1 heterocycles. The third-order valence-corrected chi connectivity index (χ3v) is 3.52. The molecule has 1 N–H and O–H groups in total. The lowest BCUT2D eigenvalue weighted by atomic mass is 10.2. The summed E-state index contributed by atoms with van der Waals surface area (Å²) in [5.41, 5.74) is 1.29. The van der Waals surface area contributed by atoms with Crippen LogP contribution in [-0.4, -0.2) is 59.9 Å². The number of carboxylic acid groups (broad SMARTS) is 1. The molecular formula is C15H24Cl2N2O3. The van der Waals surface area contributed by atoms with Crippen molar-refractivity contribution < 1.29 is 14.6 Å². The molecule has 5 nitrogen and oxygen atoms in total. The van der Waals surface area contributed by atoms with E-state index >= 15 is 0 Å². The van der Waals surface area contributed by atoms with Crippen LogP contribution < -0.4 is 0 Å². The highest BCUT2D eigenvalue weighted by Crippen LogP contribution is 2.11. The van der Waals surface area contributed by atoms with E-state index in [1.807, 2.05) is 30.0 Å². The zero-order chi connectivity index (χ0) is 14.4. The Labute approximate surface area is 144 Å². The van der Waals surface area contributed by atoms with Gasteiger partial charge < -0.3 is 9.84 Å². The molecule has 0 spiro atoms. The lowest BCUT2D eigenvalue weighted by Crippen LogP contribution is -2.53. The van der Waals surface area contributed by atoms with Gasteiger partial charge >= 0.3 is 5.97 Å². The quantitative estimate of drug-likeness (QED) is 0.851. The number of halogens is 2. The zero-order valence-corrected chi connectivity index (χ0v) is 14.3. The Hall–Kier alpha value is -0.850. The fraction of sp³-hybridized carbons (Fsp3) is 0.533. The van der Waals surface area contributed by atoms with Crippen LogP contribution in [0.1, 0.15) is 12.5 Å². The van der Waals surface area contributed by atoms with Crippen LogP contribution in [0.4, 0.5) is 0 Å². The second-order valence-corrected chi connectivity index (χ2v) is 4.94. The molecule has 126 valence electrons. The first-order valence-electron chi connectivity index (χ1n) is 7.05. The normalized spacial score (nSPS) is 17.1. The lowest BCUT2D eigenvalue weighted by molar-refractivity contribution is -0.166. The smallest absolute Gasteiger partial charge is 0.348 e. The van der Waals surface area contributed by atoms with E-state index in [4.69, 9.17) is 4.74 Å². The van der Waals surface area contributed by atoms with Gasteiger partial charge in [0.15, 0.2) is 0 Å². The first-order chi connectivity index (χ1) is 9.70. The third kappa shape index (κ3) is 6.10. The van der Waals surface area contributed by atoms with Crippen molar-refractivity contribution in [3.05, 3.63) is 35.9 Å². The molecule has 22 heavy (non-hydrogen) atoms. The van der Waals surface area contributed by atoms with Crippen LogP contribution in [0, 0.1) is 0 Å². The van der Waals surface area contributed by atoms with E-state index in [2.05, 4.69) is 17.0 Å². The summed E-state index contributed by atoms with van der Waals surface area (Å²) >= 11 is 0. The predicted octanol–water partition coefficient (Wildman–Crippen LogP) is 2.10. The minimum absolute atomic E-state index is 0. The molecular weight excluding hydrogens is 327 g/mol. The minimum atomic E-state index is -0.900. The number of piperazine rings is 1. The number of hydrogen-bond acceptors (Lipinski definition) is 4. The molecule has 2 rings (SSSR count). The third-order valence-electron chi connectivity index (χ3n) is 3.52. The van der Waals surface area contributed by atoms with E-state index in [9.17, 15) is 9.90 Å². The number of aliphatic carboxylic acids is 1. The number of ether oxygens (including phenoxy) is 1. The Morgan fingerprint density at radius 3 is 2.27 bits per heavy atom. The molecule has 1 unspecified atom stereocenters. The average Bonchev–Trinajstić information content (AvgIpc) is 2.47. The van der Waals surface area contributed by atoms with E-state index in [0.29, 0.717) is 6.61 Å². The molecule has 1 atom stereocenters. The predicted molar refractivity (Wildman–Crippen MR) is 90.8 cm³/mol. The number of carboxylic acids is 1. The van der Waals surface area contributed by atoms with Gasteiger partial charge in [0.1, 0.15) is 0 Å². The maximum Gasteiger partial charge on any atom is 0.348 e. The largest absolute Gasteiger partial charge is 0.478 e. The number of hydrogen-bond donors (Lipinski definition) is 1. The van der Waals surface area contributed by atoms with Crippen LogP contribution >= 0.6 is 24.8 Å². The Bertz CT molecular complexity index is 426. The second kappa shape index (κ2) is 10.8.